The average Bonchev–Trinajstić information content (AvgIpc) is 3.18. The first-order chi connectivity index (χ1) is 12.3. The maximum absolute atomic E-state index is 12.1. The molecule has 0 spiro atoms. The van der Waals surface area contributed by atoms with E-state index in [0.29, 0.717) is 12.8 Å². The maximum Gasteiger partial charge on any atom is 0.244 e. The quantitative estimate of drug-likeness (QED) is 0.738. The Labute approximate surface area is 145 Å². The monoisotopic (exact) mass is 331 g/mol. The van der Waals surface area contributed by atoms with Crippen LogP contribution < -0.4 is 0 Å². The highest BCUT2D eigenvalue weighted by atomic mass is 16.2. The number of hydrazone groups is 1. The molecule has 0 fully saturated rings. The van der Waals surface area contributed by atoms with Gasteiger partial charge in [0.2, 0.25) is 5.91 Å². The van der Waals surface area contributed by atoms with Gasteiger partial charge in [0.1, 0.15) is 19.3 Å². The minimum Gasteiger partial charge on any atom is -0.273 e. The summed E-state index contributed by atoms with van der Waals surface area (Å²) in [5, 5.41) is 10.0. The molecule has 124 valence electrons. The van der Waals surface area contributed by atoms with Crippen LogP contribution in [-0.4, -0.2) is 31.4 Å². The highest BCUT2D eigenvalue weighted by molar-refractivity contribution is 6.04. The summed E-state index contributed by atoms with van der Waals surface area (Å²) >= 11 is 0. The third-order valence-electron chi connectivity index (χ3n) is 4.18. The van der Waals surface area contributed by atoms with Gasteiger partial charge < -0.3 is 0 Å². The minimum atomic E-state index is 0.000144. The lowest BCUT2D eigenvalue weighted by Gasteiger charge is -2.23. The van der Waals surface area contributed by atoms with Crippen molar-refractivity contribution >= 4 is 11.6 Å². The number of nitrogens with zero attached hydrogens (tertiary/aromatic N) is 5. The van der Waals surface area contributed by atoms with E-state index in [1.165, 1.54) is 16.9 Å². The lowest BCUT2D eigenvalue weighted by atomic mass is 10.00. The fraction of sp³-hybridized carbons (Fsp3) is 0.158. The Hall–Kier alpha value is -3.28. The summed E-state index contributed by atoms with van der Waals surface area (Å²) in [7, 11) is 0. The molecular formula is C19H17N5O. The summed E-state index contributed by atoms with van der Waals surface area (Å²) in [6, 6.07) is 18.5. The van der Waals surface area contributed by atoms with Crippen molar-refractivity contribution < 1.29 is 4.79 Å². The topological polar surface area (TPSA) is 63.4 Å². The molecule has 6 heteroatoms. The molecular weight excluding hydrogens is 314 g/mol. The van der Waals surface area contributed by atoms with Crippen LogP contribution in [0, 0.1) is 0 Å². The van der Waals surface area contributed by atoms with Gasteiger partial charge in [0.25, 0.3) is 0 Å². The largest absolute Gasteiger partial charge is 0.273 e. The first kappa shape index (κ1) is 15.3. The Morgan fingerprint density at radius 2 is 1.60 bits per heavy atom. The maximum atomic E-state index is 12.1. The highest BCUT2D eigenvalue weighted by Crippen LogP contribution is 2.21. The van der Waals surface area contributed by atoms with E-state index >= 15 is 0 Å². The number of benzene rings is 2. The van der Waals surface area contributed by atoms with E-state index in [9.17, 15) is 4.79 Å². The van der Waals surface area contributed by atoms with Crippen molar-refractivity contribution in [3.8, 4) is 11.1 Å². The van der Waals surface area contributed by atoms with Gasteiger partial charge in [-0.15, -0.1) is 0 Å². The fourth-order valence-electron chi connectivity index (χ4n) is 2.85. The predicted molar refractivity (Wildman–Crippen MR) is 94.5 cm³/mol. The van der Waals surface area contributed by atoms with Gasteiger partial charge in [0.05, 0.1) is 5.71 Å². The number of aromatic nitrogens is 3. The lowest BCUT2D eigenvalue weighted by Crippen LogP contribution is -2.33. The lowest BCUT2D eigenvalue weighted by molar-refractivity contribution is -0.133. The van der Waals surface area contributed by atoms with E-state index in [1.54, 1.807) is 11.0 Å². The van der Waals surface area contributed by atoms with Gasteiger partial charge in [-0.3, -0.25) is 4.79 Å². The zero-order valence-corrected chi connectivity index (χ0v) is 13.6. The molecule has 6 nitrogen and oxygen atoms in total. The first-order valence-electron chi connectivity index (χ1n) is 8.16. The number of hydrogen-bond acceptors (Lipinski definition) is 4. The molecule has 1 aliphatic heterocycles. The van der Waals surface area contributed by atoms with Crippen molar-refractivity contribution in [1.29, 1.82) is 0 Å². The molecule has 2 aromatic carbocycles. The van der Waals surface area contributed by atoms with Crippen molar-refractivity contribution in [3.63, 3.8) is 0 Å². The standard InChI is InChI=1S/C19H17N5O/c25-19-11-10-18(22-24(19)14-23-13-20-12-21-23)17-8-6-16(7-9-17)15-4-2-1-3-5-15/h1-9,12-13H,10-11,14H2. The summed E-state index contributed by atoms with van der Waals surface area (Å²) in [4.78, 5) is 16.0. The van der Waals surface area contributed by atoms with Gasteiger partial charge in [-0.2, -0.15) is 10.2 Å². The van der Waals surface area contributed by atoms with Crippen LogP contribution in [0.5, 0.6) is 0 Å². The van der Waals surface area contributed by atoms with Crippen LogP contribution in [0.15, 0.2) is 72.4 Å². The number of amides is 1. The van der Waals surface area contributed by atoms with E-state index in [4.69, 9.17) is 0 Å². The van der Waals surface area contributed by atoms with Gasteiger partial charge in [0, 0.05) is 12.8 Å². The molecule has 1 aliphatic rings. The van der Waals surface area contributed by atoms with Gasteiger partial charge >= 0.3 is 0 Å². The smallest absolute Gasteiger partial charge is 0.244 e. The third-order valence-corrected chi connectivity index (χ3v) is 4.18. The second-order valence-corrected chi connectivity index (χ2v) is 5.86. The van der Waals surface area contributed by atoms with Crippen molar-refractivity contribution in [1.82, 2.24) is 19.8 Å². The zero-order chi connectivity index (χ0) is 17.1. The number of hydrogen-bond donors (Lipinski definition) is 0. The molecule has 2 heterocycles. The van der Waals surface area contributed by atoms with E-state index in [-0.39, 0.29) is 12.6 Å². The normalized spacial score (nSPS) is 14.5. The number of carbonyl (C=O) groups is 1. The summed E-state index contributed by atoms with van der Waals surface area (Å²) in [6.45, 7) is 0.282. The van der Waals surface area contributed by atoms with Crippen LogP contribution >= 0.6 is 0 Å². The Bertz CT molecular complexity index is 885. The van der Waals surface area contributed by atoms with E-state index in [2.05, 4.69) is 51.6 Å². The molecule has 0 atom stereocenters. The third kappa shape index (κ3) is 3.33. The molecule has 0 N–H and O–H groups in total. The van der Waals surface area contributed by atoms with Crippen LogP contribution in [0.1, 0.15) is 18.4 Å². The molecule has 0 saturated carbocycles. The second-order valence-electron chi connectivity index (χ2n) is 5.86. The van der Waals surface area contributed by atoms with Gasteiger partial charge in [-0.05, 0) is 16.7 Å². The molecule has 3 aromatic rings. The highest BCUT2D eigenvalue weighted by Gasteiger charge is 2.21. The van der Waals surface area contributed by atoms with E-state index in [0.717, 1.165) is 16.8 Å². The van der Waals surface area contributed by atoms with Crippen molar-refractivity contribution in [2.24, 2.45) is 5.10 Å². The molecule has 0 saturated heterocycles. The molecule has 25 heavy (non-hydrogen) atoms. The molecule has 4 rings (SSSR count). The van der Waals surface area contributed by atoms with Gasteiger partial charge in [-0.25, -0.2) is 14.7 Å². The van der Waals surface area contributed by atoms with Crippen molar-refractivity contribution in [2.45, 2.75) is 19.5 Å². The summed E-state index contributed by atoms with van der Waals surface area (Å²) < 4.78 is 1.59. The molecule has 0 bridgehead atoms. The summed E-state index contributed by atoms with van der Waals surface area (Å²) in [5.74, 6) is 0.000144. The Morgan fingerprint density at radius 3 is 2.32 bits per heavy atom. The first-order valence-corrected chi connectivity index (χ1v) is 8.16. The molecule has 1 aromatic heterocycles. The van der Waals surface area contributed by atoms with Crippen LogP contribution in [0.2, 0.25) is 0 Å². The van der Waals surface area contributed by atoms with Gasteiger partial charge in [0.15, 0.2) is 0 Å². The summed E-state index contributed by atoms with van der Waals surface area (Å²) in [6.07, 6.45) is 4.12. The van der Waals surface area contributed by atoms with Crippen LogP contribution in [0.4, 0.5) is 0 Å². The average molecular weight is 331 g/mol. The Kier molecular flexibility index (Phi) is 4.08. The Morgan fingerprint density at radius 1 is 0.880 bits per heavy atom. The zero-order valence-electron chi connectivity index (χ0n) is 13.6. The fourth-order valence-corrected chi connectivity index (χ4v) is 2.85. The van der Waals surface area contributed by atoms with Gasteiger partial charge in [-0.1, -0.05) is 54.6 Å². The molecule has 0 unspecified atom stereocenters. The number of rotatable bonds is 4. The van der Waals surface area contributed by atoms with Crippen LogP contribution in [-0.2, 0) is 11.5 Å². The minimum absolute atomic E-state index is 0.000144. The van der Waals surface area contributed by atoms with E-state index in [1.807, 2.05) is 18.2 Å². The van der Waals surface area contributed by atoms with E-state index < -0.39 is 0 Å². The van der Waals surface area contributed by atoms with Crippen LogP contribution in [0.25, 0.3) is 11.1 Å². The molecule has 0 radical (unpaired) electrons. The summed E-state index contributed by atoms with van der Waals surface area (Å²) in [5.41, 5.74) is 4.30. The SMILES string of the molecule is O=C1CCC(c2ccc(-c3ccccc3)cc2)=NN1Cn1cncn1. The Balaban J connectivity index is 1.57. The van der Waals surface area contributed by atoms with Crippen LogP contribution in [0.3, 0.4) is 0 Å². The number of carbonyl (C=O) groups excluding carboxylic acids is 1. The van der Waals surface area contributed by atoms with Crippen molar-refractivity contribution in [2.75, 3.05) is 0 Å². The van der Waals surface area contributed by atoms with Crippen molar-refractivity contribution in [3.05, 3.63) is 72.8 Å². The molecule has 0 aliphatic carbocycles. The predicted octanol–water partition coefficient (Wildman–Crippen LogP) is 2.93. The second kappa shape index (κ2) is 6.68. The molecule has 1 amide bonds.